The van der Waals surface area contributed by atoms with E-state index in [9.17, 15) is 9.18 Å². The summed E-state index contributed by atoms with van der Waals surface area (Å²) < 4.78 is 19.7. The van der Waals surface area contributed by atoms with Crippen LogP contribution in [0.5, 0.6) is 0 Å². The summed E-state index contributed by atoms with van der Waals surface area (Å²) in [6.07, 6.45) is 0. The molecule has 152 valence electrons. The minimum Gasteiger partial charge on any atom is -0.355 e. The zero-order valence-electron chi connectivity index (χ0n) is 16.2. The Kier molecular flexibility index (Phi) is 5.01. The SMILES string of the molecule is O=C(c1cc(-c2ccccc2)on1)N(Cc1ccccc1)c1nc2ccc(F)cc2s1. The van der Waals surface area contributed by atoms with E-state index in [0.717, 1.165) is 11.1 Å². The van der Waals surface area contributed by atoms with Gasteiger partial charge in [-0.15, -0.1) is 0 Å². The minimum absolute atomic E-state index is 0.181. The largest absolute Gasteiger partial charge is 0.355 e. The third-order valence-corrected chi connectivity index (χ3v) is 5.83. The highest BCUT2D eigenvalue weighted by molar-refractivity contribution is 7.22. The Balaban J connectivity index is 1.53. The van der Waals surface area contributed by atoms with Gasteiger partial charge in [0.1, 0.15) is 5.82 Å². The number of benzene rings is 3. The third kappa shape index (κ3) is 3.95. The molecule has 0 radical (unpaired) electrons. The summed E-state index contributed by atoms with van der Waals surface area (Å²) in [6, 6.07) is 25.1. The van der Waals surface area contributed by atoms with Crippen LogP contribution in [0, 0.1) is 5.82 Å². The first kappa shape index (κ1) is 19.1. The van der Waals surface area contributed by atoms with Gasteiger partial charge in [0, 0.05) is 11.6 Å². The van der Waals surface area contributed by atoms with Crippen LogP contribution in [0.1, 0.15) is 16.1 Å². The highest BCUT2D eigenvalue weighted by atomic mass is 32.1. The molecule has 0 saturated carbocycles. The fourth-order valence-electron chi connectivity index (χ4n) is 3.25. The molecule has 2 heterocycles. The molecule has 0 saturated heterocycles. The number of carbonyl (C=O) groups is 1. The van der Waals surface area contributed by atoms with Crippen LogP contribution in [0.3, 0.4) is 0 Å². The van der Waals surface area contributed by atoms with Crippen LogP contribution in [0.4, 0.5) is 9.52 Å². The van der Waals surface area contributed by atoms with E-state index in [2.05, 4.69) is 10.1 Å². The Hall–Kier alpha value is -3.84. The summed E-state index contributed by atoms with van der Waals surface area (Å²) in [5.74, 6) is -0.170. The van der Waals surface area contributed by atoms with Gasteiger partial charge in [-0.1, -0.05) is 77.2 Å². The molecule has 0 aliphatic rings. The van der Waals surface area contributed by atoms with E-state index in [-0.39, 0.29) is 17.4 Å². The summed E-state index contributed by atoms with van der Waals surface area (Å²) in [5, 5.41) is 4.47. The zero-order valence-corrected chi connectivity index (χ0v) is 17.1. The number of anilines is 1. The van der Waals surface area contributed by atoms with Crippen LogP contribution in [-0.2, 0) is 6.54 Å². The van der Waals surface area contributed by atoms with E-state index in [1.165, 1.54) is 23.5 Å². The number of hydrogen-bond acceptors (Lipinski definition) is 5. The minimum atomic E-state index is -0.340. The van der Waals surface area contributed by atoms with Crippen LogP contribution >= 0.6 is 11.3 Å². The van der Waals surface area contributed by atoms with Crippen molar-refractivity contribution in [2.24, 2.45) is 0 Å². The number of hydrogen-bond donors (Lipinski definition) is 0. The lowest BCUT2D eigenvalue weighted by molar-refractivity contribution is 0.0976. The molecular weight excluding hydrogens is 413 g/mol. The van der Waals surface area contributed by atoms with E-state index in [1.54, 1.807) is 17.0 Å². The normalized spacial score (nSPS) is 11.0. The highest BCUT2D eigenvalue weighted by Gasteiger charge is 2.25. The predicted octanol–water partition coefficient (Wildman–Crippen LogP) is 5.94. The van der Waals surface area contributed by atoms with Crippen molar-refractivity contribution < 1.29 is 13.7 Å². The van der Waals surface area contributed by atoms with Crippen LogP contribution in [0.15, 0.2) is 89.5 Å². The Morgan fingerprint density at radius 2 is 1.71 bits per heavy atom. The van der Waals surface area contributed by atoms with Gasteiger partial charge in [0.15, 0.2) is 16.6 Å². The number of aromatic nitrogens is 2. The first-order chi connectivity index (χ1) is 15.2. The number of fused-ring (bicyclic) bond motifs is 1. The van der Waals surface area contributed by atoms with Gasteiger partial charge in [0.2, 0.25) is 0 Å². The lowest BCUT2D eigenvalue weighted by atomic mass is 10.1. The molecule has 5 nitrogen and oxygen atoms in total. The molecule has 3 aromatic carbocycles. The molecule has 5 rings (SSSR count). The standard InChI is InChI=1S/C24H16FN3O2S/c25-18-11-12-19-22(13-18)31-24(26-19)28(15-16-7-3-1-4-8-16)23(29)20-14-21(30-27-20)17-9-5-2-6-10-17/h1-14H,15H2. The molecule has 0 bridgehead atoms. The molecule has 1 amide bonds. The molecule has 0 aliphatic heterocycles. The molecule has 2 aromatic heterocycles. The van der Waals surface area contributed by atoms with Crippen molar-refractivity contribution in [1.29, 1.82) is 0 Å². The topological polar surface area (TPSA) is 59.2 Å². The molecule has 0 N–H and O–H groups in total. The summed E-state index contributed by atoms with van der Waals surface area (Å²) in [4.78, 5) is 19.5. The van der Waals surface area contributed by atoms with Crippen molar-refractivity contribution in [3.05, 3.63) is 102 Å². The number of amides is 1. The molecule has 7 heteroatoms. The summed E-state index contributed by atoms with van der Waals surface area (Å²) >= 11 is 1.26. The lowest BCUT2D eigenvalue weighted by Gasteiger charge is -2.18. The van der Waals surface area contributed by atoms with Crippen molar-refractivity contribution in [2.45, 2.75) is 6.54 Å². The van der Waals surface area contributed by atoms with Gasteiger partial charge in [-0.25, -0.2) is 9.37 Å². The molecule has 0 spiro atoms. The fourth-order valence-corrected chi connectivity index (χ4v) is 4.23. The second kappa shape index (κ2) is 8.12. The van der Waals surface area contributed by atoms with Crippen molar-refractivity contribution in [1.82, 2.24) is 10.1 Å². The molecule has 31 heavy (non-hydrogen) atoms. The smallest absolute Gasteiger partial charge is 0.282 e. The van der Waals surface area contributed by atoms with Crippen LogP contribution < -0.4 is 4.90 Å². The maximum Gasteiger partial charge on any atom is 0.282 e. The number of rotatable bonds is 5. The maximum atomic E-state index is 13.7. The Labute approximate surface area is 181 Å². The zero-order chi connectivity index (χ0) is 21.2. The van der Waals surface area contributed by atoms with E-state index < -0.39 is 0 Å². The Bertz CT molecular complexity index is 1350. The predicted molar refractivity (Wildman–Crippen MR) is 118 cm³/mol. The van der Waals surface area contributed by atoms with Crippen molar-refractivity contribution in [3.63, 3.8) is 0 Å². The monoisotopic (exact) mass is 429 g/mol. The van der Waals surface area contributed by atoms with Gasteiger partial charge in [-0.3, -0.25) is 9.69 Å². The molecule has 0 unspecified atom stereocenters. The average molecular weight is 429 g/mol. The van der Waals surface area contributed by atoms with Crippen LogP contribution in [-0.4, -0.2) is 16.0 Å². The van der Waals surface area contributed by atoms with Crippen molar-refractivity contribution >= 4 is 32.6 Å². The second-order valence-electron chi connectivity index (χ2n) is 6.93. The van der Waals surface area contributed by atoms with Gasteiger partial charge in [-0.2, -0.15) is 0 Å². The summed E-state index contributed by atoms with van der Waals surface area (Å²) in [6.45, 7) is 0.301. The average Bonchev–Trinajstić information content (AvgIpc) is 3.45. The van der Waals surface area contributed by atoms with Crippen LogP contribution in [0.25, 0.3) is 21.5 Å². The number of halogens is 1. The molecular formula is C24H16FN3O2S. The van der Waals surface area contributed by atoms with Gasteiger partial charge in [0.25, 0.3) is 5.91 Å². The van der Waals surface area contributed by atoms with E-state index in [1.807, 2.05) is 60.7 Å². The van der Waals surface area contributed by atoms with Gasteiger partial charge in [0.05, 0.1) is 16.8 Å². The maximum absolute atomic E-state index is 13.7. The first-order valence-corrected chi connectivity index (χ1v) is 10.4. The molecule has 5 aromatic rings. The Morgan fingerprint density at radius 3 is 2.48 bits per heavy atom. The molecule has 0 aliphatic carbocycles. The second-order valence-corrected chi connectivity index (χ2v) is 7.94. The van der Waals surface area contributed by atoms with Crippen molar-refractivity contribution in [3.8, 4) is 11.3 Å². The number of nitrogens with zero attached hydrogens (tertiary/aromatic N) is 3. The van der Waals surface area contributed by atoms with E-state index in [0.29, 0.717) is 27.7 Å². The van der Waals surface area contributed by atoms with Gasteiger partial charge >= 0.3 is 0 Å². The summed E-state index contributed by atoms with van der Waals surface area (Å²) in [7, 11) is 0. The summed E-state index contributed by atoms with van der Waals surface area (Å²) in [5.41, 5.74) is 2.59. The Morgan fingerprint density at radius 1 is 0.968 bits per heavy atom. The van der Waals surface area contributed by atoms with E-state index in [4.69, 9.17) is 4.52 Å². The van der Waals surface area contributed by atoms with Gasteiger partial charge < -0.3 is 4.52 Å². The number of thiazole rings is 1. The molecule has 0 atom stereocenters. The van der Waals surface area contributed by atoms with Crippen molar-refractivity contribution in [2.75, 3.05) is 4.90 Å². The van der Waals surface area contributed by atoms with Crippen LogP contribution in [0.2, 0.25) is 0 Å². The highest BCUT2D eigenvalue weighted by Crippen LogP contribution is 2.31. The quantitative estimate of drug-likeness (QED) is 0.347. The first-order valence-electron chi connectivity index (χ1n) is 9.61. The van der Waals surface area contributed by atoms with E-state index >= 15 is 0 Å². The lowest BCUT2D eigenvalue weighted by Crippen LogP contribution is -2.30. The fraction of sp³-hybridized carbons (Fsp3) is 0.0417. The third-order valence-electron chi connectivity index (χ3n) is 4.79. The number of carbonyl (C=O) groups excluding carboxylic acids is 1. The molecule has 0 fully saturated rings. The van der Waals surface area contributed by atoms with Gasteiger partial charge in [-0.05, 0) is 23.8 Å².